The average Bonchev–Trinajstić information content (AvgIpc) is 2.74. The third-order valence-corrected chi connectivity index (χ3v) is 4.85. The lowest BCUT2D eigenvalue weighted by Crippen LogP contribution is -2.30. The highest BCUT2D eigenvalue weighted by atomic mass is 79.9. The number of amides is 1. The largest absolute Gasteiger partial charge is 0.488 e. The third-order valence-electron chi connectivity index (χ3n) is 4.06. The Kier molecular flexibility index (Phi) is 7.43. The number of nitrogens with one attached hydrogen (secondary N) is 1. The average molecular weight is 490 g/mol. The van der Waals surface area contributed by atoms with Crippen LogP contribution >= 0.6 is 27.5 Å². The van der Waals surface area contributed by atoms with Gasteiger partial charge in [0.1, 0.15) is 17.9 Å². The van der Waals surface area contributed by atoms with Gasteiger partial charge >= 0.3 is 5.97 Å². The van der Waals surface area contributed by atoms with Crippen LogP contribution in [0.3, 0.4) is 0 Å². The van der Waals surface area contributed by atoms with Gasteiger partial charge in [-0.3, -0.25) is 4.79 Å². The number of nitrogens with zero attached hydrogens (tertiary/aromatic N) is 1. The van der Waals surface area contributed by atoms with E-state index in [9.17, 15) is 9.59 Å². The summed E-state index contributed by atoms with van der Waals surface area (Å²) in [4.78, 5) is 28.9. The van der Waals surface area contributed by atoms with Gasteiger partial charge in [-0.2, -0.15) is 0 Å². The number of ether oxygens (including phenoxy) is 2. The fraction of sp³-hybridized carbons (Fsp3) is 0.136. The Balaban J connectivity index is 1.65. The molecule has 0 aliphatic carbocycles. The van der Waals surface area contributed by atoms with Crippen molar-refractivity contribution in [3.8, 4) is 5.75 Å². The zero-order valence-corrected chi connectivity index (χ0v) is 18.3. The van der Waals surface area contributed by atoms with E-state index in [0.717, 1.165) is 10.0 Å². The van der Waals surface area contributed by atoms with Crippen molar-refractivity contribution in [2.24, 2.45) is 0 Å². The highest BCUT2D eigenvalue weighted by Gasteiger charge is 2.22. The Hall–Kier alpha value is -2.90. The van der Waals surface area contributed by atoms with Crippen LogP contribution in [0.2, 0.25) is 5.15 Å². The van der Waals surface area contributed by atoms with Crippen LogP contribution in [0.4, 0.5) is 5.69 Å². The number of hydrogen-bond acceptors (Lipinski definition) is 5. The number of benzene rings is 2. The van der Waals surface area contributed by atoms with E-state index in [0.29, 0.717) is 11.4 Å². The van der Waals surface area contributed by atoms with Gasteiger partial charge in [0.25, 0.3) is 5.91 Å². The summed E-state index contributed by atoms with van der Waals surface area (Å²) in [6.45, 7) is 1.75. The molecule has 1 aromatic heterocycles. The van der Waals surface area contributed by atoms with E-state index in [-0.39, 0.29) is 17.3 Å². The second-order valence-corrected chi connectivity index (χ2v) is 7.57. The summed E-state index contributed by atoms with van der Waals surface area (Å²) >= 11 is 9.35. The maximum Gasteiger partial charge on any atom is 0.342 e. The van der Waals surface area contributed by atoms with E-state index >= 15 is 0 Å². The molecule has 3 rings (SSSR count). The molecular formula is C22H18BrClN2O4. The van der Waals surface area contributed by atoms with Crippen LogP contribution in [0.25, 0.3) is 0 Å². The van der Waals surface area contributed by atoms with E-state index in [2.05, 4.69) is 26.2 Å². The lowest BCUT2D eigenvalue weighted by atomic mass is 10.2. The summed E-state index contributed by atoms with van der Waals surface area (Å²) in [5.41, 5.74) is 1.50. The maximum atomic E-state index is 12.6. The smallest absolute Gasteiger partial charge is 0.342 e. The van der Waals surface area contributed by atoms with Gasteiger partial charge in [-0.15, -0.1) is 0 Å². The molecule has 8 heteroatoms. The highest BCUT2D eigenvalue weighted by Crippen LogP contribution is 2.22. The normalized spacial score (nSPS) is 11.4. The number of rotatable bonds is 7. The predicted molar refractivity (Wildman–Crippen MR) is 118 cm³/mol. The number of carbonyl (C=O) groups excluding carboxylic acids is 2. The van der Waals surface area contributed by atoms with Gasteiger partial charge in [-0.1, -0.05) is 51.8 Å². The summed E-state index contributed by atoms with van der Waals surface area (Å²) in [5.74, 6) is -0.823. The number of pyridine rings is 1. The molecular weight excluding hydrogens is 472 g/mol. The van der Waals surface area contributed by atoms with Crippen molar-refractivity contribution < 1.29 is 19.1 Å². The van der Waals surface area contributed by atoms with E-state index in [1.54, 1.807) is 36.4 Å². The Labute approximate surface area is 187 Å². The van der Waals surface area contributed by atoms with Gasteiger partial charge in [-0.25, -0.2) is 9.78 Å². The number of carbonyl (C=O) groups is 2. The van der Waals surface area contributed by atoms with Crippen molar-refractivity contribution >= 4 is 45.1 Å². The standard InChI is InChI=1S/C22H18BrClN2O4/c1-14(21(27)26-18-9-5-11-25-20(18)24)30-22(28)17-8-2-3-10-19(17)29-13-15-6-4-7-16(23)12-15/h2-12,14H,13H2,1H3,(H,26,27). The first-order valence-corrected chi connectivity index (χ1v) is 10.2. The summed E-state index contributed by atoms with van der Waals surface area (Å²) in [6, 6.07) is 17.6. The summed E-state index contributed by atoms with van der Waals surface area (Å²) in [7, 11) is 0. The van der Waals surface area contributed by atoms with E-state index < -0.39 is 18.0 Å². The molecule has 1 amide bonds. The van der Waals surface area contributed by atoms with Crippen LogP contribution in [0, 0.1) is 0 Å². The maximum absolute atomic E-state index is 12.6. The van der Waals surface area contributed by atoms with Gasteiger partial charge in [0, 0.05) is 10.7 Å². The van der Waals surface area contributed by atoms with Gasteiger partial charge in [0.15, 0.2) is 11.3 Å². The Morgan fingerprint density at radius 1 is 1.13 bits per heavy atom. The highest BCUT2D eigenvalue weighted by molar-refractivity contribution is 9.10. The number of anilines is 1. The van der Waals surface area contributed by atoms with E-state index in [1.165, 1.54) is 13.1 Å². The molecule has 1 unspecified atom stereocenters. The molecule has 0 aliphatic heterocycles. The first kappa shape index (κ1) is 21.8. The quantitative estimate of drug-likeness (QED) is 0.362. The fourth-order valence-corrected chi connectivity index (χ4v) is 3.15. The molecule has 1 heterocycles. The third kappa shape index (κ3) is 5.81. The molecule has 6 nitrogen and oxygen atoms in total. The molecule has 0 bridgehead atoms. The molecule has 30 heavy (non-hydrogen) atoms. The second kappa shape index (κ2) is 10.2. The van der Waals surface area contributed by atoms with Crippen molar-refractivity contribution in [3.05, 3.63) is 87.6 Å². The molecule has 2 aromatic carbocycles. The van der Waals surface area contributed by atoms with Crippen LogP contribution in [-0.4, -0.2) is 23.0 Å². The first-order chi connectivity index (χ1) is 14.4. The molecule has 1 N–H and O–H groups in total. The van der Waals surface area contributed by atoms with E-state index in [4.69, 9.17) is 21.1 Å². The molecule has 0 radical (unpaired) electrons. The number of para-hydroxylation sites is 1. The minimum absolute atomic E-state index is 0.149. The number of hydrogen-bond donors (Lipinski definition) is 1. The van der Waals surface area contributed by atoms with Gasteiger partial charge < -0.3 is 14.8 Å². The molecule has 0 aliphatic rings. The number of halogens is 2. The van der Waals surface area contributed by atoms with Gasteiger partial charge in [0.05, 0.1) is 5.69 Å². The van der Waals surface area contributed by atoms with Crippen molar-refractivity contribution in [2.45, 2.75) is 19.6 Å². The van der Waals surface area contributed by atoms with Crippen molar-refractivity contribution in [1.82, 2.24) is 4.98 Å². The monoisotopic (exact) mass is 488 g/mol. The number of esters is 1. The minimum atomic E-state index is -1.05. The van der Waals surface area contributed by atoms with Crippen LogP contribution in [0.15, 0.2) is 71.3 Å². The topological polar surface area (TPSA) is 77.5 Å². The lowest BCUT2D eigenvalue weighted by molar-refractivity contribution is -0.123. The van der Waals surface area contributed by atoms with Crippen molar-refractivity contribution in [1.29, 1.82) is 0 Å². The Bertz CT molecular complexity index is 1060. The summed E-state index contributed by atoms with van der Waals surface area (Å²) in [6.07, 6.45) is 0.457. The Morgan fingerprint density at radius 2 is 1.93 bits per heavy atom. The van der Waals surface area contributed by atoms with Crippen molar-refractivity contribution in [3.63, 3.8) is 0 Å². The fourth-order valence-electron chi connectivity index (χ4n) is 2.54. The lowest BCUT2D eigenvalue weighted by Gasteiger charge is -2.16. The SMILES string of the molecule is CC(OC(=O)c1ccccc1OCc1cccc(Br)c1)C(=O)Nc1cccnc1Cl. The molecule has 0 fully saturated rings. The van der Waals surface area contributed by atoms with Crippen LogP contribution in [-0.2, 0) is 16.1 Å². The predicted octanol–water partition coefficient (Wildman–Crippen LogP) is 5.26. The van der Waals surface area contributed by atoms with E-state index in [1.807, 2.05) is 24.3 Å². The summed E-state index contributed by atoms with van der Waals surface area (Å²) < 4.78 is 12.1. The molecule has 0 saturated heterocycles. The van der Waals surface area contributed by atoms with Crippen molar-refractivity contribution in [2.75, 3.05) is 5.32 Å². The molecule has 154 valence electrons. The summed E-state index contributed by atoms with van der Waals surface area (Å²) in [5, 5.41) is 2.74. The first-order valence-electron chi connectivity index (χ1n) is 9.02. The Morgan fingerprint density at radius 3 is 2.70 bits per heavy atom. The molecule has 0 spiro atoms. The second-order valence-electron chi connectivity index (χ2n) is 6.29. The van der Waals surface area contributed by atoms with Gasteiger partial charge in [0.2, 0.25) is 0 Å². The number of aromatic nitrogens is 1. The zero-order valence-electron chi connectivity index (χ0n) is 16.0. The minimum Gasteiger partial charge on any atom is -0.488 e. The van der Waals surface area contributed by atoms with Crippen LogP contribution < -0.4 is 10.1 Å². The van der Waals surface area contributed by atoms with Gasteiger partial charge in [-0.05, 0) is 48.9 Å². The molecule has 3 aromatic rings. The molecule has 0 saturated carbocycles. The van der Waals surface area contributed by atoms with Crippen LogP contribution in [0.5, 0.6) is 5.75 Å². The molecule has 1 atom stereocenters. The van der Waals surface area contributed by atoms with Crippen LogP contribution in [0.1, 0.15) is 22.8 Å². The zero-order chi connectivity index (χ0) is 21.5.